The van der Waals surface area contributed by atoms with E-state index in [0.717, 1.165) is 11.1 Å². The lowest BCUT2D eigenvalue weighted by molar-refractivity contribution is -0.218. The van der Waals surface area contributed by atoms with Gasteiger partial charge in [-0.2, -0.15) is 9.78 Å². The van der Waals surface area contributed by atoms with Gasteiger partial charge in [-0.15, -0.1) is 0 Å². The summed E-state index contributed by atoms with van der Waals surface area (Å²) in [7, 11) is 0. The minimum absolute atomic E-state index is 0.346. The summed E-state index contributed by atoms with van der Waals surface area (Å²) in [5, 5.41) is 0. The minimum atomic E-state index is 0.346. The summed E-state index contributed by atoms with van der Waals surface area (Å²) in [6, 6.07) is 23.3. The zero-order chi connectivity index (χ0) is 18.2. The summed E-state index contributed by atoms with van der Waals surface area (Å²) in [5.74, 6) is 1.32. The SMILES string of the molecule is Cc1ccc(COOc2ccc(COOc3ccc(C)cc3)cc2)cc1. The highest BCUT2D eigenvalue weighted by Gasteiger charge is 2.00. The van der Waals surface area contributed by atoms with Gasteiger partial charge in [0, 0.05) is 0 Å². The summed E-state index contributed by atoms with van der Waals surface area (Å²) >= 11 is 0. The van der Waals surface area contributed by atoms with E-state index in [1.807, 2.05) is 79.7 Å². The van der Waals surface area contributed by atoms with Gasteiger partial charge < -0.3 is 9.78 Å². The lowest BCUT2D eigenvalue weighted by Gasteiger charge is -2.07. The Morgan fingerprint density at radius 2 is 0.846 bits per heavy atom. The number of benzene rings is 3. The summed E-state index contributed by atoms with van der Waals surface area (Å²) in [6.45, 7) is 4.82. The third-order valence-corrected chi connectivity index (χ3v) is 3.83. The Labute approximate surface area is 153 Å². The molecular formula is C22H22O4. The molecular weight excluding hydrogens is 328 g/mol. The second kappa shape index (κ2) is 9.04. The van der Waals surface area contributed by atoms with Crippen LogP contribution in [0.15, 0.2) is 72.8 Å². The highest BCUT2D eigenvalue weighted by Crippen LogP contribution is 2.16. The van der Waals surface area contributed by atoms with Crippen LogP contribution in [0.1, 0.15) is 22.3 Å². The zero-order valence-corrected chi connectivity index (χ0v) is 15.0. The van der Waals surface area contributed by atoms with Crippen LogP contribution in [0.25, 0.3) is 0 Å². The molecule has 26 heavy (non-hydrogen) atoms. The molecule has 0 fully saturated rings. The Hall–Kier alpha value is -2.82. The van der Waals surface area contributed by atoms with Crippen LogP contribution >= 0.6 is 0 Å². The van der Waals surface area contributed by atoms with E-state index in [9.17, 15) is 0 Å². The Morgan fingerprint density at radius 1 is 0.500 bits per heavy atom. The third-order valence-electron chi connectivity index (χ3n) is 3.83. The van der Waals surface area contributed by atoms with Crippen molar-refractivity contribution in [2.24, 2.45) is 0 Å². The van der Waals surface area contributed by atoms with Crippen molar-refractivity contribution in [1.29, 1.82) is 0 Å². The summed E-state index contributed by atoms with van der Waals surface area (Å²) in [4.78, 5) is 21.1. The van der Waals surface area contributed by atoms with Crippen molar-refractivity contribution in [2.75, 3.05) is 0 Å². The van der Waals surface area contributed by atoms with Gasteiger partial charge in [0.15, 0.2) is 11.5 Å². The number of aryl methyl sites for hydroxylation is 2. The van der Waals surface area contributed by atoms with Crippen molar-refractivity contribution in [3.8, 4) is 11.5 Å². The van der Waals surface area contributed by atoms with Gasteiger partial charge in [0.05, 0.1) is 0 Å². The van der Waals surface area contributed by atoms with Crippen LogP contribution in [0.2, 0.25) is 0 Å². The molecule has 0 heterocycles. The maximum absolute atomic E-state index is 5.31. The second-order valence-electron chi connectivity index (χ2n) is 6.13. The Morgan fingerprint density at radius 3 is 1.31 bits per heavy atom. The average molecular weight is 350 g/mol. The summed E-state index contributed by atoms with van der Waals surface area (Å²) < 4.78 is 0. The molecule has 0 spiro atoms. The molecule has 3 aromatic rings. The van der Waals surface area contributed by atoms with Gasteiger partial charge in [-0.1, -0.05) is 59.7 Å². The predicted octanol–water partition coefficient (Wildman–Crippen LogP) is 5.32. The molecule has 0 aliphatic carbocycles. The Balaban J connectivity index is 1.40. The van der Waals surface area contributed by atoms with E-state index in [2.05, 4.69) is 6.92 Å². The molecule has 0 aliphatic rings. The Bertz CT molecular complexity index is 723. The third kappa shape index (κ3) is 5.62. The molecule has 3 aromatic carbocycles. The first-order chi connectivity index (χ1) is 12.7. The minimum Gasteiger partial charge on any atom is -0.337 e. The van der Waals surface area contributed by atoms with Crippen LogP contribution < -0.4 is 9.78 Å². The first kappa shape index (κ1) is 18.0. The number of hydrogen-bond acceptors (Lipinski definition) is 4. The van der Waals surface area contributed by atoms with Crippen molar-refractivity contribution in [2.45, 2.75) is 27.1 Å². The topological polar surface area (TPSA) is 36.9 Å². The quantitative estimate of drug-likeness (QED) is 0.407. The molecule has 0 radical (unpaired) electrons. The fraction of sp³-hybridized carbons (Fsp3) is 0.182. The van der Waals surface area contributed by atoms with Gasteiger partial charge in [0.25, 0.3) is 0 Å². The van der Waals surface area contributed by atoms with Crippen LogP contribution in [0.3, 0.4) is 0 Å². The van der Waals surface area contributed by atoms with E-state index >= 15 is 0 Å². The maximum Gasteiger partial charge on any atom is 0.165 e. The molecule has 0 aromatic heterocycles. The molecule has 0 aliphatic heterocycles. The molecule has 134 valence electrons. The van der Waals surface area contributed by atoms with Gasteiger partial charge in [-0.3, -0.25) is 0 Å². The van der Waals surface area contributed by atoms with Gasteiger partial charge in [0.1, 0.15) is 13.2 Å². The predicted molar refractivity (Wildman–Crippen MR) is 99.6 cm³/mol. The average Bonchev–Trinajstić information content (AvgIpc) is 2.66. The highest BCUT2D eigenvalue weighted by atomic mass is 17.2. The number of hydrogen-bond donors (Lipinski definition) is 0. The molecule has 0 unspecified atom stereocenters. The zero-order valence-electron chi connectivity index (χ0n) is 15.0. The van der Waals surface area contributed by atoms with Gasteiger partial charge in [-0.05, 0) is 49.2 Å². The summed E-state index contributed by atoms with van der Waals surface area (Å²) in [5.41, 5.74) is 4.44. The molecule has 0 N–H and O–H groups in total. The first-order valence-electron chi connectivity index (χ1n) is 8.49. The molecule has 4 nitrogen and oxygen atoms in total. The first-order valence-corrected chi connectivity index (χ1v) is 8.49. The van der Waals surface area contributed by atoms with Crippen LogP contribution in [0.5, 0.6) is 11.5 Å². The number of rotatable bonds is 8. The fourth-order valence-electron chi connectivity index (χ4n) is 2.25. The van der Waals surface area contributed by atoms with Crippen molar-refractivity contribution in [3.63, 3.8) is 0 Å². The molecule has 4 heteroatoms. The van der Waals surface area contributed by atoms with E-state index in [1.54, 1.807) is 0 Å². The van der Waals surface area contributed by atoms with E-state index < -0.39 is 0 Å². The maximum atomic E-state index is 5.31. The normalized spacial score (nSPS) is 10.5. The molecule has 0 atom stereocenters. The standard InChI is InChI=1S/C22H22O4/c1-17-3-7-19(8-4-17)15-23-26-22-13-9-20(10-14-22)16-24-25-21-11-5-18(2)6-12-21/h3-14H,15-16H2,1-2H3. The van der Waals surface area contributed by atoms with Crippen molar-refractivity contribution >= 4 is 0 Å². The molecule has 0 saturated carbocycles. The second-order valence-corrected chi connectivity index (χ2v) is 6.13. The van der Waals surface area contributed by atoms with E-state index in [-0.39, 0.29) is 0 Å². The molecule has 3 rings (SSSR count). The van der Waals surface area contributed by atoms with Crippen molar-refractivity contribution in [3.05, 3.63) is 95.1 Å². The monoisotopic (exact) mass is 350 g/mol. The van der Waals surface area contributed by atoms with Crippen LogP contribution in [0.4, 0.5) is 0 Å². The lowest BCUT2D eigenvalue weighted by atomic mass is 10.2. The van der Waals surface area contributed by atoms with Gasteiger partial charge in [0.2, 0.25) is 0 Å². The van der Waals surface area contributed by atoms with Gasteiger partial charge >= 0.3 is 0 Å². The molecule has 0 saturated heterocycles. The van der Waals surface area contributed by atoms with Gasteiger partial charge in [-0.25, -0.2) is 0 Å². The fourth-order valence-corrected chi connectivity index (χ4v) is 2.25. The van der Waals surface area contributed by atoms with Crippen LogP contribution in [-0.2, 0) is 23.0 Å². The van der Waals surface area contributed by atoms with Crippen LogP contribution in [0, 0.1) is 13.8 Å². The van der Waals surface area contributed by atoms with E-state index in [0.29, 0.717) is 24.7 Å². The smallest absolute Gasteiger partial charge is 0.165 e. The summed E-state index contributed by atoms with van der Waals surface area (Å²) in [6.07, 6.45) is 0. The highest BCUT2D eigenvalue weighted by molar-refractivity contribution is 5.27. The van der Waals surface area contributed by atoms with Crippen molar-refractivity contribution in [1.82, 2.24) is 0 Å². The van der Waals surface area contributed by atoms with Crippen molar-refractivity contribution < 1.29 is 19.6 Å². The van der Waals surface area contributed by atoms with E-state index in [1.165, 1.54) is 11.1 Å². The van der Waals surface area contributed by atoms with E-state index in [4.69, 9.17) is 19.6 Å². The lowest BCUT2D eigenvalue weighted by Crippen LogP contribution is -1.99. The van der Waals surface area contributed by atoms with Crippen LogP contribution in [-0.4, -0.2) is 0 Å². The largest absolute Gasteiger partial charge is 0.337 e. The molecule has 0 bridgehead atoms. The Kier molecular flexibility index (Phi) is 6.25. The molecule has 0 amide bonds.